The summed E-state index contributed by atoms with van der Waals surface area (Å²) >= 11 is 0. The molecule has 0 unspecified atom stereocenters. The first-order valence-corrected chi connectivity index (χ1v) is 6.44. The number of aryl methyl sites for hydroxylation is 1. The molecule has 0 bridgehead atoms. The molecule has 104 valence electrons. The van der Waals surface area contributed by atoms with Crippen LogP contribution in [0, 0.1) is 12.3 Å². The molecule has 19 heavy (non-hydrogen) atoms. The van der Waals surface area contributed by atoms with Gasteiger partial charge in [0.15, 0.2) is 5.76 Å². The smallest absolute Gasteiger partial charge is 0.310 e. The molecule has 0 atom stereocenters. The predicted molar refractivity (Wildman–Crippen MR) is 66.2 cm³/mol. The molecule has 0 aromatic carbocycles. The number of carbonyl (C=O) groups is 2. The van der Waals surface area contributed by atoms with Gasteiger partial charge in [-0.25, -0.2) is 0 Å². The normalized spacial score (nSPS) is 17.3. The van der Waals surface area contributed by atoms with E-state index in [4.69, 9.17) is 4.52 Å². The topological polar surface area (TPSA) is 92.4 Å². The van der Waals surface area contributed by atoms with Crippen LogP contribution in [0.5, 0.6) is 0 Å². The fraction of sp³-hybridized carbons (Fsp3) is 0.615. The van der Waals surface area contributed by atoms with E-state index in [0.717, 1.165) is 18.5 Å². The summed E-state index contributed by atoms with van der Waals surface area (Å²) in [4.78, 5) is 23.2. The van der Waals surface area contributed by atoms with E-state index in [9.17, 15) is 14.7 Å². The monoisotopic (exact) mass is 266 g/mol. The van der Waals surface area contributed by atoms with E-state index in [1.54, 1.807) is 13.0 Å². The highest BCUT2D eigenvalue weighted by Gasteiger charge is 2.42. The van der Waals surface area contributed by atoms with Crippen molar-refractivity contribution in [2.75, 3.05) is 0 Å². The van der Waals surface area contributed by atoms with E-state index in [1.807, 2.05) is 0 Å². The fourth-order valence-electron chi connectivity index (χ4n) is 2.57. The van der Waals surface area contributed by atoms with Gasteiger partial charge in [-0.2, -0.15) is 0 Å². The number of carboxylic acid groups (broad SMARTS) is 1. The van der Waals surface area contributed by atoms with E-state index >= 15 is 0 Å². The molecule has 0 radical (unpaired) electrons. The van der Waals surface area contributed by atoms with Crippen molar-refractivity contribution in [3.63, 3.8) is 0 Å². The Morgan fingerprint density at radius 2 is 2.16 bits per heavy atom. The van der Waals surface area contributed by atoms with Crippen LogP contribution in [0.1, 0.15) is 43.6 Å². The zero-order valence-corrected chi connectivity index (χ0v) is 10.9. The summed E-state index contributed by atoms with van der Waals surface area (Å²) in [5, 5.41) is 15.7. The van der Waals surface area contributed by atoms with Crippen molar-refractivity contribution >= 4 is 11.9 Å². The highest BCUT2D eigenvalue weighted by Crippen LogP contribution is 2.41. The molecule has 0 spiro atoms. The van der Waals surface area contributed by atoms with E-state index in [2.05, 4.69) is 10.5 Å². The Bertz CT molecular complexity index is 475. The Hall–Kier alpha value is -1.85. The second-order valence-electron chi connectivity index (χ2n) is 5.18. The molecular weight excluding hydrogens is 248 g/mol. The van der Waals surface area contributed by atoms with Gasteiger partial charge < -0.3 is 14.9 Å². The maximum absolute atomic E-state index is 11.9. The minimum Gasteiger partial charge on any atom is -0.481 e. The van der Waals surface area contributed by atoms with Gasteiger partial charge in [-0.3, -0.25) is 9.59 Å². The molecule has 1 aliphatic rings. The van der Waals surface area contributed by atoms with E-state index in [-0.39, 0.29) is 18.9 Å². The number of hydrogen-bond acceptors (Lipinski definition) is 4. The van der Waals surface area contributed by atoms with Gasteiger partial charge in [0.05, 0.1) is 17.7 Å². The largest absolute Gasteiger partial charge is 0.481 e. The SMILES string of the molecule is Cc1cc(CNC(=O)CC2(C(=O)O)CCCC2)on1. The lowest BCUT2D eigenvalue weighted by Crippen LogP contribution is -2.35. The molecule has 1 aromatic rings. The molecule has 6 nitrogen and oxygen atoms in total. The zero-order chi connectivity index (χ0) is 13.9. The Balaban J connectivity index is 1.88. The third kappa shape index (κ3) is 3.13. The summed E-state index contributed by atoms with van der Waals surface area (Å²) in [6.07, 6.45) is 2.95. The first-order chi connectivity index (χ1) is 9.02. The van der Waals surface area contributed by atoms with Crippen molar-refractivity contribution in [1.29, 1.82) is 0 Å². The van der Waals surface area contributed by atoms with Crippen molar-refractivity contribution in [1.82, 2.24) is 10.5 Å². The molecule has 6 heteroatoms. The summed E-state index contributed by atoms with van der Waals surface area (Å²) in [5.74, 6) is -0.546. The second-order valence-corrected chi connectivity index (χ2v) is 5.18. The Morgan fingerprint density at radius 1 is 1.47 bits per heavy atom. The van der Waals surface area contributed by atoms with Gasteiger partial charge in [-0.05, 0) is 19.8 Å². The molecule has 0 saturated heterocycles. The number of carbonyl (C=O) groups excluding carboxylic acids is 1. The van der Waals surface area contributed by atoms with E-state index in [0.29, 0.717) is 18.6 Å². The van der Waals surface area contributed by atoms with Crippen LogP contribution in [0.4, 0.5) is 0 Å². The lowest BCUT2D eigenvalue weighted by molar-refractivity contribution is -0.151. The Labute approximate surface area is 111 Å². The maximum atomic E-state index is 11.9. The molecule has 1 aromatic heterocycles. The molecule has 0 aliphatic heterocycles. The molecule has 1 saturated carbocycles. The van der Waals surface area contributed by atoms with Crippen LogP contribution < -0.4 is 5.32 Å². The standard InChI is InChI=1S/C13H18N2O4/c1-9-6-10(19-15-9)8-14-11(16)7-13(12(17)18)4-2-3-5-13/h6H,2-5,7-8H2,1H3,(H,14,16)(H,17,18). The molecule has 1 heterocycles. The van der Waals surface area contributed by atoms with Gasteiger partial charge in [0.1, 0.15) is 0 Å². The van der Waals surface area contributed by atoms with Crippen molar-refractivity contribution in [3.8, 4) is 0 Å². The van der Waals surface area contributed by atoms with Crippen LogP contribution in [-0.4, -0.2) is 22.1 Å². The number of aliphatic carboxylic acids is 1. The number of hydrogen-bond donors (Lipinski definition) is 2. The first kappa shape index (κ1) is 13.6. The summed E-state index contributed by atoms with van der Waals surface area (Å²) in [6, 6.07) is 1.74. The number of carboxylic acids is 1. The van der Waals surface area contributed by atoms with Crippen molar-refractivity contribution in [2.24, 2.45) is 5.41 Å². The molecule has 1 aliphatic carbocycles. The average Bonchev–Trinajstić information content (AvgIpc) is 2.97. The maximum Gasteiger partial charge on any atom is 0.310 e. The summed E-state index contributed by atoms with van der Waals surface area (Å²) < 4.78 is 4.98. The third-order valence-corrected chi connectivity index (χ3v) is 3.65. The van der Waals surface area contributed by atoms with Crippen LogP contribution in [-0.2, 0) is 16.1 Å². The minimum absolute atomic E-state index is 0.0372. The molecule has 2 rings (SSSR count). The van der Waals surface area contributed by atoms with Crippen LogP contribution in [0.15, 0.2) is 10.6 Å². The van der Waals surface area contributed by atoms with Crippen LogP contribution >= 0.6 is 0 Å². The minimum atomic E-state index is -0.874. The third-order valence-electron chi connectivity index (χ3n) is 3.65. The number of nitrogens with one attached hydrogen (secondary N) is 1. The number of amides is 1. The molecular formula is C13H18N2O4. The van der Waals surface area contributed by atoms with Gasteiger partial charge in [-0.1, -0.05) is 18.0 Å². The summed E-state index contributed by atoms with van der Waals surface area (Å²) in [5.41, 5.74) is -0.122. The quantitative estimate of drug-likeness (QED) is 0.845. The lowest BCUT2D eigenvalue weighted by Gasteiger charge is -2.22. The zero-order valence-electron chi connectivity index (χ0n) is 10.9. The number of rotatable bonds is 5. The van der Waals surface area contributed by atoms with Crippen LogP contribution in [0.3, 0.4) is 0 Å². The Kier molecular flexibility index (Phi) is 3.87. The van der Waals surface area contributed by atoms with Gasteiger partial charge in [0.2, 0.25) is 5.91 Å². The number of nitrogens with zero attached hydrogens (tertiary/aromatic N) is 1. The van der Waals surface area contributed by atoms with Gasteiger partial charge in [0.25, 0.3) is 0 Å². The van der Waals surface area contributed by atoms with Gasteiger partial charge in [-0.15, -0.1) is 0 Å². The molecule has 1 fully saturated rings. The highest BCUT2D eigenvalue weighted by molar-refractivity contribution is 5.85. The fourth-order valence-corrected chi connectivity index (χ4v) is 2.57. The average molecular weight is 266 g/mol. The van der Waals surface area contributed by atoms with Crippen LogP contribution in [0.25, 0.3) is 0 Å². The molecule has 2 N–H and O–H groups in total. The van der Waals surface area contributed by atoms with Crippen molar-refractivity contribution in [2.45, 2.75) is 45.6 Å². The molecule has 1 amide bonds. The number of aromatic nitrogens is 1. The second kappa shape index (κ2) is 5.42. The highest BCUT2D eigenvalue weighted by atomic mass is 16.5. The van der Waals surface area contributed by atoms with Crippen molar-refractivity contribution < 1.29 is 19.2 Å². The van der Waals surface area contributed by atoms with E-state index < -0.39 is 11.4 Å². The summed E-state index contributed by atoms with van der Waals surface area (Å²) in [6.45, 7) is 2.04. The lowest BCUT2D eigenvalue weighted by atomic mass is 9.82. The Morgan fingerprint density at radius 3 is 2.68 bits per heavy atom. The first-order valence-electron chi connectivity index (χ1n) is 6.44. The van der Waals surface area contributed by atoms with Crippen LogP contribution in [0.2, 0.25) is 0 Å². The predicted octanol–water partition coefficient (Wildman–Crippen LogP) is 1.63. The van der Waals surface area contributed by atoms with Gasteiger partial charge >= 0.3 is 5.97 Å². The summed E-state index contributed by atoms with van der Waals surface area (Å²) in [7, 11) is 0. The van der Waals surface area contributed by atoms with Crippen molar-refractivity contribution in [3.05, 3.63) is 17.5 Å². The van der Waals surface area contributed by atoms with Gasteiger partial charge in [0, 0.05) is 12.5 Å². The van der Waals surface area contributed by atoms with E-state index in [1.165, 1.54) is 0 Å².